The standard InChI is InChI=1S/C13H15NO/c1-10(14-9-15)12-8-4-6-11-5-2-3-7-13(11)12/h2-8,10,14-15H,9H2,1H3/t10-/m1/s1. The Morgan fingerprint density at radius 3 is 2.67 bits per heavy atom. The molecule has 0 saturated heterocycles. The van der Waals surface area contributed by atoms with Crippen molar-refractivity contribution in [1.29, 1.82) is 0 Å². The normalized spacial score (nSPS) is 12.9. The fraction of sp³-hybridized carbons (Fsp3) is 0.231. The SMILES string of the molecule is C[C@@H](NCO)c1cccc2ccccc12. The van der Waals surface area contributed by atoms with Gasteiger partial charge in [-0.3, -0.25) is 5.32 Å². The van der Waals surface area contributed by atoms with E-state index in [2.05, 4.69) is 36.5 Å². The highest BCUT2D eigenvalue weighted by Crippen LogP contribution is 2.23. The molecule has 2 aromatic carbocycles. The maximum absolute atomic E-state index is 8.86. The first-order valence-corrected chi connectivity index (χ1v) is 5.15. The fourth-order valence-corrected chi connectivity index (χ4v) is 1.87. The van der Waals surface area contributed by atoms with Gasteiger partial charge < -0.3 is 5.11 Å². The lowest BCUT2D eigenvalue weighted by Crippen LogP contribution is -2.19. The Hall–Kier alpha value is -1.38. The lowest BCUT2D eigenvalue weighted by Gasteiger charge is -2.14. The van der Waals surface area contributed by atoms with Gasteiger partial charge in [0.15, 0.2) is 0 Å². The van der Waals surface area contributed by atoms with E-state index >= 15 is 0 Å². The molecule has 0 heterocycles. The molecule has 0 radical (unpaired) electrons. The maximum atomic E-state index is 8.86. The minimum Gasteiger partial charge on any atom is -0.381 e. The molecule has 2 rings (SSSR count). The van der Waals surface area contributed by atoms with Crippen LogP contribution in [0.25, 0.3) is 10.8 Å². The van der Waals surface area contributed by atoms with Crippen molar-refractivity contribution in [2.24, 2.45) is 0 Å². The number of benzene rings is 2. The van der Waals surface area contributed by atoms with Gasteiger partial charge in [-0.25, -0.2) is 0 Å². The minimum absolute atomic E-state index is 0.00435. The van der Waals surface area contributed by atoms with Crippen molar-refractivity contribution in [3.8, 4) is 0 Å². The predicted molar refractivity (Wildman–Crippen MR) is 62.6 cm³/mol. The van der Waals surface area contributed by atoms with Gasteiger partial charge in [0.2, 0.25) is 0 Å². The van der Waals surface area contributed by atoms with Crippen molar-refractivity contribution < 1.29 is 5.11 Å². The molecular formula is C13H15NO. The van der Waals surface area contributed by atoms with Gasteiger partial charge in [-0.15, -0.1) is 0 Å². The lowest BCUT2D eigenvalue weighted by molar-refractivity contribution is 0.245. The fourth-order valence-electron chi connectivity index (χ4n) is 1.87. The molecule has 0 unspecified atom stereocenters. The monoisotopic (exact) mass is 201 g/mol. The Bertz CT molecular complexity index is 448. The number of aliphatic hydroxyl groups excluding tert-OH is 1. The highest BCUT2D eigenvalue weighted by molar-refractivity contribution is 5.86. The van der Waals surface area contributed by atoms with Gasteiger partial charge >= 0.3 is 0 Å². The van der Waals surface area contributed by atoms with Crippen molar-refractivity contribution in [3.05, 3.63) is 48.0 Å². The molecule has 0 spiro atoms. The molecule has 0 aliphatic heterocycles. The summed E-state index contributed by atoms with van der Waals surface area (Å²) in [5, 5.41) is 14.3. The summed E-state index contributed by atoms with van der Waals surface area (Å²) in [5.74, 6) is 0. The molecule has 2 aromatic rings. The van der Waals surface area contributed by atoms with Gasteiger partial charge in [0.05, 0.1) is 6.73 Å². The predicted octanol–water partition coefficient (Wildman–Crippen LogP) is 2.44. The van der Waals surface area contributed by atoms with E-state index in [9.17, 15) is 0 Å². The molecule has 0 fully saturated rings. The zero-order chi connectivity index (χ0) is 10.7. The zero-order valence-electron chi connectivity index (χ0n) is 8.77. The van der Waals surface area contributed by atoms with Gasteiger partial charge in [0, 0.05) is 6.04 Å². The van der Waals surface area contributed by atoms with Gasteiger partial charge in [-0.2, -0.15) is 0 Å². The summed E-state index contributed by atoms with van der Waals surface area (Å²) in [5.41, 5.74) is 1.22. The first kappa shape index (κ1) is 10.1. The van der Waals surface area contributed by atoms with Crippen LogP contribution < -0.4 is 5.32 Å². The van der Waals surface area contributed by atoms with E-state index in [1.807, 2.05) is 18.2 Å². The van der Waals surface area contributed by atoms with E-state index in [0.29, 0.717) is 0 Å². The van der Waals surface area contributed by atoms with Gasteiger partial charge in [0.25, 0.3) is 0 Å². The molecule has 2 nitrogen and oxygen atoms in total. The van der Waals surface area contributed by atoms with Crippen LogP contribution in [0.1, 0.15) is 18.5 Å². The summed E-state index contributed by atoms with van der Waals surface area (Å²) in [6.07, 6.45) is 0. The molecule has 0 amide bonds. The molecular weight excluding hydrogens is 186 g/mol. The largest absolute Gasteiger partial charge is 0.381 e. The molecule has 0 aromatic heterocycles. The Kier molecular flexibility index (Phi) is 2.99. The minimum atomic E-state index is 0.00435. The number of rotatable bonds is 3. The summed E-state index contributed by atoms with van der Waals surface area (Å²) in [6, 6.07) is 14.7. The molecule has 0 bridgehead atoms. The molecule has 0 aliphatic carbocycles. The average Bonchev–Trinajstić information content (AvgIpc) is 2.28. The first-order valence-electron chi connectivity index (χ1n) is 5.15. The second kappa shape index (κ2) is 4.43. The van der Waals surface area contributed by atoms with Gasteiger partial charge in [-0.1, -0.05) is 42.5 Å². The third kappa shape index (κ3) is 2.01. The van der Waals surface area contributed by atoms with E-state index in [1.165, 1.54) is 16.3 Å². The van der Waals surface area contributed by atoms with Crippen molar-refractivity contribution in [1.82, 2.24) is 5.32 Å². The van der Waals surface area contributed by atoms with Crippen LogP contribution in [0, 0.1) is 0 Å². The van der Waals surface area contributed by atoms with Crippen LogP contribution in [-0.4, -0.2) is 11.8 Å². The summed E-state index contributed by atoms with van der Waals surface area (Å²) in [6.45, 7) is 2.06. The van der Waals surface area contributed by atoms with Crippen LogP contribution in [0.15, 0.2) is 42.5 Å². The van der Waals surface area contributed by atoms with Crippen LogP contribution in [-0.2, 0) is 0 Å². The van der Waals surface area contributed by atoms with E-state index < -0.39 is 0 Å². The van der Waals surface area contributed by atoms with Crippen molar-refractivity contribution in [2.75, 3.05) is 6.73 Å². The van der Waals surface area contributed by atoms with Gasteiger partial charge in [-0.05, 0) is 23.3 Å². The second-order valence-electron chi connectivity index (χ2n) is 3.65. The van der Waals surface area contributed by atoms with Crippen molar-refractivity contribution in [2.45, 2.75) is 13.0 Å². The Labute approximate surface area is 89.6 Å². The number of hydrogen-bond donors (Lipinski definition) is 2. The van der Waals surface area contributed by atoms with Crippen LogP contribution in [0.5, 0.6) is 0 Å². The Balaban J connectivity index is 2.50. The molecule has 0 saturated carbocycles. The average molecular weight is 201 g/mol. The number of fused-ring (bicyclic) bond motifs is 1. The van der Waals surface area contributed by atoms with Crippen LogP contribution in [0.2, 0.25) is 0 Å². The second-order valence-corrected chi connectivity index (χ2v) is 3.65. The number of hydrogen-bond acceptors (Lipinski definition) is 2. The summed E-state index contributed by atoms with van der Waals surface area (Å²) in [4.78, 5) is 0. The summed E-state index contributed by atoms with van der Waals surface area (Å²) >= 11 is 0. The molecule has 15 heavy (non-hydrogen) atoms. The highest BCUT2D eigenvalue weighted by atomic mass is 16.3. The van der Waals surface area contributed by atoms with Crippen LogP contribution in [0.4, 0.5) is 0 Å². The van der Waals surface area contributed by atoms with Crippen molar-refractivity contribution >= 4 is 10.8 Å². The number of nitrogens with one attached hydrogen (secondary N) is 1. The number of aliphatic hydroxyl groups is 1. The lowest BCUT2D eigenvalue weighted by atomic mass is 10.00. The van der Waals surface area contributed by atoms with Gasteiger partial charge in [0.1, 0.15) is 0 Å². The Morgan fingerprint density at radius 2 is 1.87 bits per heavy atom. The smallest absolute Gasteiger partial charge is 0.0936 e. The van der Waals surface area contributed by atoms with E-state index in [4.69, 9.17) is 5.11 Å². The first-order chi connectivity index (χ1) is 7.33. The third-order valence-electron chi connectivity index (χ3n) is 2.69. The van der Waals surface area contributed by atoms with Crippen LogP contribution in [0.3, 0.4) is 0 Å². The van der Waals surface area contributed by atoms with Crippen LogP contribution >= 0.6 is 0 Å². The van der Waals surface area contributed by atoms with E-state index in [1.54, 1.807) is 0 Å². The molecule has 2 heteroatoms. The van der Waals surface area contributed by atoms with E-state index in [-0.39, 0.29) is 12.8 Å². The Morgan fingerprint density at radius 1 is 1.13 bits per heavy atom. The third-order valence-corrected chi connectivity index (χ3v) is 2.69. The van der Waals surface area contributed by atoms with Crippen molar-refractivity contribution in [3.63, 3.8) is 0 Å². The summed E-state index contributed by atoms with van der Waals surface area (Å²) < 4.78 is 0. The topological polar surface area (TPSA) is 32.3 Å². The highest BCUT2D eigenvalue weighted by Gasteiger charge is 2.06. The maximum Gasteiger partial charge on any atom is 0.0936 e. The molecule has 1 atom stereocenters. The quantitative estimate of drug-likeness (QED) is 0.747. The molecule has 0 aliphatic rings. The summed E-state index contributed by atoms with van der Waals surface area (Å²) in [7, 11) is 0. The molecule has 2 N–H and O–H groups in total. The zero-order valence-corrected chi connectivity index (χ0v) is 8.77. The molecule has 78 valence electrons. The van der Waals surface area contributed by atoms with E-state index in [0.717, 1.165) is 0 Å².